The second-order valence-electron chi connectivity index (χ2n) is 6.19. The molecule has 6 nitrogen and oxygen atoms in total. The molecule has 0 saturated carbocycles. The predicted molar refractivity (Wildman–Crippen MR) is 96.0 cm³/mol. The van der Waals surface area contributed by atoms with E-state index in [0.29, 0.717) is 17.6 Å². The Hall–Kier alpha value is -3.02. The normalized spacial score (nSPS) is 11.0. The lowest BCUT2D eigenvalue weighted by Gasteiger charge is -2.12. The molecule has 25 heavy (non-hydrogen) atoms. The molecule has 3 rings (SSSR count). The Balaban J connectivity index is 2.01. The van der Waals surface area contributed by atoms with Crippen molar-refractivity contribution < 1.29 is 4.79 Å². The first-order chi connectivity index (χ1) is 12.1. The Labute approximate surface area is 145 Å². The van der Waals surface area contributed by atoms with Crippen molar-refractivity contribution in [2.75, 3.05) is 0 Å². The Bertz CT molecular complexity index is 949. The number of carbonyl (C=O) groups excluding carboxylic acids is 1. The highest BCUT2D eigenvalue weighted by molar-refractivity contribution is 5.84. The zero-order valence-corrected chi connectivity index (χ0v) is 14.3. The minimum absolute atomic E-state index is 0.0455. The number of aromatic nitrogens is 3. The number of nitrogens with one attached hydrogen (secondary N) is 1. The smallest absolute Gasteiger partial charge is 0.274 e. The van der Waals surface area contributed by atoms with Crippen LogP contribution in [0.1, 0.15) is 25.1 Å². The van der Waals surface area contributed by atoms with E-state index in [1.807, 2.05) is 44.2 Å². The first-order valence-electron chi connectivity index (χ1n) is 8.21. The van der Waals surface area contributed by atoms with Crippen molar-refractivity contribution in [3.8, 4) is 0 Å². The molecule has 0 spiro atoms. The number of rotatable bonds is 5. The highest BCUT2D eigenvalue weighted by Gasteiger charge is 2.13. The SMILES string of the molecule is CC(C)C(=O)NCc1nn(Cc2cccnc2)c(=O)c2ccccc12. The highest BCUT2D eigenvalue weighted by atomic mass is 16.2. The molecule has 1 amide bonds. The van der Waals surface area contributed by atoms with Gasteiger partial charge in [0.15, 0.2) is 0 Å². The van der Waals surface area contributed by atoms with Crippen LogP contribution in [0.2, 0.25) is 0 Å². The van der Waals surface area contributed by atoms with E-state index in [0.717, 1.165) is 10.9 Å². The fourth-order valence-corrected chi connectivity index (χ4v) is 2.58. The second-order valence-corrected chi connectivity index (χ2v) is 6.19. The van der Waals surface area contributed by atoms with Gasteiger partial charge in [-0.25, -0.2) is 4.68 Å². The van der Waals surface area contributed by atoms with E-state index in [1.54, 1.807) is 18.5 Å². The molecule has 0 unspecified atom stereocenters. The number of hydrogen-bond donors (Lipinski definition) is 1. The molecular weight excluding hydrogens is 316 g/mol. The molecule has 0 saturated heterocycles. The van der Waals surface area contributed by atoms with Crippen LogP contribution in [0.5, 0.6) is 0 Å². The van der Waals surface area contributed by atoms with Crippen LogP contribution in [0.4, 0.5) is 0 Å². The maximum absolute atomic E-state index is 12.7. The van der Waals surface area contributed by atoms with E-state index in [4.69, 9.17) is 0 Å². The number of carbonyl (C=O) groups is 1. The molecule has 0 fully saturated rings. The molecule has 2 aromatic heterocycles. The number of amides is 1. The van der Waals surface area contributed by atoms with Crippen LogP contribution < -0.4 is 10.9 Å². The molecule has 1 aromatic carbocycles. The average molecular weight is 336 g/mol. The van der Waals surface area contributed by atoms with Gasteiger partial charge < -0.3 is 5.32 Å². The lowest BCUT2D eigenvalue weighted by Crippen LogP contribution is -2.30. The third kappa shape index (κ3) is 3.74. The van der Waals surface area contributed by atoms with Gasteiger partial charge in [0.2, 0.25) is 5.91 Å². The molecule has 0 radical (unpaired) electrons. The molecule has 6 heteroatoms. The Kier molecular flexibility index (Phi) is 4.88. The zero-order chi connectivity index (χ0) is 17.8. The van der Waals surface area contributed by atoms with Crippen molar-refractivity contribution in [1.82, 2.24) is 20.1 Å². The van der Waals surface area contributed by atoms with Crippen LogP contribution >= 0.6 is 0 Å². The van der Waals surface area contributed by atoms with Gasteiger partial charge in [0.1, 0.15) is 0 Å². The van der Waals surface area contributed by atoms with Crippen LogP contribution in [0, 0.1) is 5.92 Å². The first kappa shape index (κ1) is 16.8. The zero-order valence-electron chi connectivity index (χ0n) is 14.3. The van der Waals surface area contributed by atoms with E-state index >= 15 is 0 Å². The standard InChI is InChI=1S/C19H20N4O2/c1-13(2)18(24)21-11-17-15-7-3-4-8-16(15)19(25)23(22-17)12-14-6-5-9-20-10-14/h3-10,13H,11-12H2,1-2H3,(H,21,24). The number of pyridine rings is 1. The lowest BCUT2D eigenvalue weighted by atomic mass is 10.1. The average Bonchev–Trinajstić information content (AvgIpc) is 2.63. The summed E-state index contributed by atoms with van der Waals surface area (Å²) < 4.78 is 1.43. The fourth-order valence-electron chi connectivity index (χ4n) is 2.58. The van der Waals surface area contributed by atoms with Crippen molar-refractivity contribution in [2.24, 2.45) is 5.92 Å². The third-order valence-electron chi connectivity index (χ3n) is 3.95. The molecule has 0 aliphatic heterocycles. The number of hydrogen-bond acceptors (Lipinski definition) is 4. The summed E-state index contributed by atoms with van der Waals surface area (Å²) in [6.45, 7) is 4.29. The molecule has 0 aliphatic rings. The summed E-state index contributed by atoms with van der Waals surface area (Å²) in [5.41, 5.74) is 1.41. The van der Waals surface area contributed by atoms with Crippen LogP contribution in [-0.4, -0.2) is 20.7 Å². The van der Waals surface area contributed by atoms with Gasteiger partial charge in [-0.1, -0.05) is 38.1 Å². The van der Waals surface area contributed by atoms with Gasteiger partial charge in [-0.15, -0.1) is 0 Å². The van der Waals surface area contributed by atoms with Crippen LogP contribution in [0.3, 0.4) is 0 Å². The van der Waals surface area contributed by atoms with Gasteiger partial charge in [-0.3, -0.25) is 14.6 Å². The summed E-state index contributed by atoms with van der Waals surface area (Å²) in [5, 5.41) is 8.72. The summed E-state index contributed by atoms with van der Waals surface area (Å²) in [6, 6.07) is 11.1. The number of fused-ring (bicyclic) bond motifs is 1. The van der Waals surface area contributed by atoms with E-state index in [9.17, 15) is 9.59 Å². The fraction of sp³-hybridized carbons (Fsp3) is 0.263. The maximum atomic E-state index is 12.7. The molecule has 3 aromatic rings. The second kappa shape index (κ2) is 7.25. The Morgan fingerprint density at radius 2 is 1.92 bits per heavy atom. The molecule has 1 N–H and O–H groups in total. The molecule has 0 atom stereocenters. The molecule has 0 bridgehead atoms. The molecular formula is C19H20N4O2. The van der Waals surface area contributed by atoms with Gasteiger partial charge >= 0.3 is 0 Å². The van der Waals surface area contributed by atoms with Gasteiger partial charge in [0.05, 0.1) is 24.2 Å². The van der Waals surface area contributed by atoms with Crippen molar-refractivity contribution in [3.05, 3.63) is 70.4 Å². The van der Waals surface area contributed by atoms with Crippen molar-refractivity contribution >= 4 is 16.7 Å². The maximum Gasteiger partial charge on any atom is 0.274 e. The highest BCUT2D eigenvalue weighted by Crippen LogP contribution is 2.14. The molecule has 2 heterocycles. The quantitative estimate of drug-likeness (QED) is 0.774. The van der Waals surface area contributed by atoms with Crippen LogP contribution in [0.25, 0.3) is 10.8 Å². The van der Waals surface area contributed by atoms with Gasteiger partial charge in [-0.2, -0.15) is 5.10 Å². The number of benzene rings is 1. The summed E-state index contributed by atoms with van der Waals surface area (Å²) in [4.78, 5) is 28.7. The van der Waals surface area contributed by atoms with E-state index in [-0.39, 0.29) is 23.9 Å². The van der Waals surface area contributed by atoms with Gasteiger partial charge in [-0.05, 0) is 17.7 Å². The van der Waals surface area contributed by atoms with Crippen LogP contribution in [0.15, 0.2) is 53.6 Å². The van der Waals surface area contributed by atoms with Crippen molar-refractivity contribution in [1.29, 1.82) is 0 Å². The third-order valence-corrected chi connectivity index (χ3v) is 3.95. The predicted octanol–water partition coefficient (Wildman–Crippen LogP) is 2.11. The minimum Gasteiger partial charge on any atom is -0.350 e. The first-order valence-corrected chi connectivity index (χ1v) is 8.21. The molecule has 128 valence electrons. The monoisotopic (exact) mass is 336 g/mol. The van der Waals surface area contributed by atoms with Crippen molar-refractivity contribution in [3.63, 3.8) is 0 Å². The van der Waals surface area contributed by atoms with Gasteiger partial charge in [0.25, 0.3) is 5.56 Å². The van der Waals surface area contributed by atoms with E-state index in [1.165, 1.54) is 4.68 Å². The Morgan fingerprint density at radius 3 is 2.60 bits per heavy atom. The summed E-state index contributed by atoms with van der Waals surface area (Å²) in [5.74, 6) is -0.150. The van der Waals surface area contributed by atoms with E-state index < -0.39 is 0 Å². The van der Waals surface area contributed by atoms with Gasteiger partial charge in [0, 0.05) is 23.7 Å². The minimum atomic E-state index is -0.154. The number of nitrogens with zero attached hydrogens (tertiary/aromatic N) is 3. The largest absolute Gasteiger partial charge is 0.350 e. The molecule has 0 aliphatic carbocycles. The van der Waals surface area contributed by atoms with E-state index in [2.05, 4.69) is 15.4 Å². The topological polar surface area (TPSA) is 76.9 Å². The summed E-state index contributed by atoms with van der Waals surface area (Å²) >= 11 is 0. The summed E-state index contributed by atoms with van der Waals surface area (Å²) in [7, 11) is 0. The lowest BCUT2D eigenvalue weighted by molar-refractivity contribution is -0.124. The van der Waals surface area contributed by atoms with Crippen molar-refractivity contribution in [2.45, 2.75) is 26.9 Å². The van der Waals surface area contributed by atoms with Crippen LogP contribution in [-0.2, 0) is 17.9 Å². The Morgan fingerprint density at radius 1 is 1.16 bits per heavy atom. The summed E-state index contributed by atoms with van der Waals surface area (Å²) in [6.07, 6.45) is 3.40.